The van der Waals surface area contributed by atoms with Gasteiger partial charge in [0.05, 0.1) is 11.4 Å². The molecule has 0 spiro atoms. The number of nitrogen functional groups attached to an aromatic ring is 1. The summed E-state index contributed by atoms with van der Waals surface area (Å²) < 4.78 is 0. The predicted molar refractivity (Wildman–Crippen MR) is 76.0 cm³/mol. The quantitative estimate of drug-likeness (QED) is 0.784. The second-order valence-corrected chi connectivity index (χ2v) is 6.13. The summed E-state index contributed by atoms with van der Waals surface area (Å²) in [5, 5.41) is 10.0. The third kappa shape index (κ3) is 2.91. The molecule has 0 unspecified atom stereocenters. The van der Waals surface area contributed by atoms with Crippen LogP contribution >= 0.6 is 0 Å². The first-order chi connectivity index (χ1) is 8.93. The normalized spacial score (nSPS) is 18.5. The van der Waals surface area contributed by atoms with Crippen molar-refractivity contribution in [3.8, 4) is 0 Å². The molecule has 2 rings (SSSR count). The van der Waals surface area contributed by atoms with Crippen LogP contribution in [-0.2, 0) is 0 Å². The second kappa shape index (κ2) is 5.23. The summed E-state index contributed by atoms with van der Waals surface area (Å²) in [5.41, 5.74) is 7.53. The Morgan fingerprint density at radius 2 is 2.00 bits per heavy atom. The highest BCUT2D eigenvalue weighted by Gasteiger charge is 2.30. The molecule has 5 heteroatoms. The number of hydrogen-bond acceptors (Lipinski definition) is 3. The van der Waals surface area contributed by atoms with Crippen molar-refractivity contribution in [3.05, 3.63) is 11.4 Å². The molecule has 0 saturated heterocycles. The molecule has 0 aromatic carbocycles. The van der Waals surface area contributed by atoms with E-state index in [0.717, 1.165) is 18.5 Å². The average molecular weight is 264 g/mol. The Morgan fingerprint density at radius 1 is 1.37 bits per heavy atom. The van der Waals surface area contributed by atoms with Crippen LogP contribution in [-0.4, -0.2) is 21.6 Å². The maximum absolute atomic E-state index is 12.3. The van der Waals surface area contributed by atoms with E-state index in [2.05, 4.69) is 22.4 Å². The Balaban J connectivity index is 2.11. The van der Waals surface area contributed by atoms with Crippen LogP contribution in [0.1, 0.15) is 75.0 Å². The Kier molecular flexibility index (Phi) is 3.83. The monoisotopic (exact) mass is 264 g/mol. The topological polar surface area (TPSA) is 83.8 Å². The predicted octanol–water partition coefficient (Wildman–Crippen LogP) is 2.57. The van der Waals surface area contributed by atoms with Crippen LogP contribution in [0.3, 0.4) is 0 Å². The lowest BCUT2D eigenvalue weighted by atomic mass is 9.83. The SMILES string of the molecule is CC(C)c1[nH]nc(C(=O)NC2(C)CCCCC2)c1N. The molecule has 4 N–H and O–H groups in total. The molecule has 1 saturated carbocycles. The van der Waals surface area contributed by atoms with Gasteiger partial charge in [0.2, 0.25) is 0 Å². The first-order valence-electron chi connectivity index (χ1n) is 7.09. The Bertz CT molecular complexity index is 458. The number of carbonyl (C=O) groups excluding carboxylic acids is 1. The molecule has 0 atom stereocenters. The molecule has 0 bridgehead atoms. The van der Waals surface area contributed by atoms with Crippen molar-refractivity contribution >= 4 is 11.6 Å². The molecule has 0 radical (unpaired) electrons. The Morgan fingerprint density at radius 3 is 2.53 bits per heavy atom. The first-order valence-corrected chi connectivity index (χ1v) is 7.09. The summed E-state index contributed by atoms with van der Waals surface area (Å²) in [5.74, 6) is 0.0735. The lowest BCUT2D eigenvalue weighted by Gasteiger charge is -2.34. The maximum Gasteiger partial charge on any atom is 0.274 e. The van der Waals surface area contributed by atoms with Gasteiger partial charge in [-0.3, -0.25) is 9.89 Å². The summed E-state index contributed by atoms with van der Waals surface area (Å²) in [7, 11) is 0. The lowest BCUT2D eigenvalue weighted by Crippen LogP contribution is -2.47. The molecule has 0 aliphatic heterocycles. The molecule has 1 heterocycles. The Labute approximate surface area is 114 Å². The van der Waals surface area contributed by atoms with Crippen molar-refractivity contribution in [1.82, 2.24) is 15.5 Å². The molecular weight excluding hydrogens is 240 g/mol. The van der Waals surface area contributed by atoms with Crippen LogP contribution in [0.25, 0.3) is 0 Å². The van der Waals surface area contributed by atoms with E-state index in [4.69, 9.17) is 5.73 Å². The minimum absolute atomic E-state index is 0.112. The molecule has 106 valence electrons. The molecule has 1 aliphatic rings. The van der Waals surface area contributed by atoms with Gasteiger partial charge in [0.25, 0.3) is 5.91 Å². The second-order valence-electron chi connectivity index (χ2n) is 6.13. The highest BCUT2D eigenvalue weighted by molar-refractivity contribution is 5.98. The number of H-pyrrole nitrogens is 1. The molecule has 1 amide bonds. The smallest absolute Gasteiger partial charge is 0.274 e. The number of aromatic nitrogens is 2. The molecule has 19 heavy (non-hydrogen) atoms. The van der Waals surface area contributed by atoms with Gasteiger partial charge in [-0.25, -0.2) is 0 Å². The van der Waals surface area contributed by atoms with Crippen molar-refractivity contribution < 1.29 is 4.79 Å². The van der Waals surface area contributed by atoms with Crippen LogP contribution in [0.4, 0.5) is 5.69 Å². The summed E-state index contributed by atoms with van der Waals surface area (Å²) in [6, 6.07) is 0. The summed E-state index contributed by atoms with van der Waals surface area (Å²) in [4.78, 5) is 12.3. The summed E-state index contributed by atoms with van der Waals surface area (Å²) in [6.45, 7) is 6.15. The average Bonchev–Trinajstić information content (AvgIpc) is 2.71. The van der Waals surface area contributed by atoms with Crippen LogP contribution in [0.2, 0.25) is 0 Å². The number of aromatic amines is 1. The fourth-order valence-corrected chi connectivity index (χ4v) is 2.77. The summed E-state index contributed by atoms with van der Waals surface area (Å²) in [6.07, 6.45) is 5.65. The van der Waals surface area contributed by atoms with Gasteiger partial charge in [0, 0.05) is 5.54 Å². The third-order valence-electron chi connectivity index (χ3n) is 4.00. The van der Waals surface area contributed by atoms with E-state index in [1.807, 2.05) is 13.8 Å². The molecule has 1 aliphatic carbocycles. The van der Waals surface area contributed by atoms with Gasteiger partial charge < -0.3 is 11.1 Å². The molecular formula is C14H24N4O. The van der Waals surface area contributed by atoms with E-state index < -0.39 is 0 Å². The van der Waals surface area contributed by atoms with Gasteiger partial charge in [0.15, 0.2) is 5.69 Å². The number of hydrogen-bond donors (Lipinski definition) is 3. The number of rotatable bonds is 3. The van der Waals surface area contributed by atoms with Crippen LogP contribution in [0.5, 0.6) is 0 Å². The standard InChI is InChI=1S/C14H24N4O/c1-9(2)11-10(15)12(18-17-11)13(19)16-14(3)7-5-4-6-8-14/h9H,4-8,15H2,1-3H3,(H,16,19)(H,17,18). The van der Waals surface area contributed by atoms with Crippen molar-refractivity contribution in [3.63, 3.8) is 0 Å². The lowest BCUT2D eigenvalue weighted by molar-refractivity contribution is 0.0878. The number of nitrogens with one attached hydrogen (secondary N) is 2. The van der Waals surface area contributed by atoms with Crippen molar-refractivity contribution in [2.45, 2.75) is 64.3 Å². The van der Waals surface area contributed by atoms with Gasteiger partial charge in [-0.05, 0) is 25.7 Å². The van der Waals surface area contributed by atoms with E-state index in [9.17, 15) is 4.79 Å². The van der Waals surface area contributed by atoms with Crippen molar-refractivity contribution in [2.75, 3.05) is 5.73 Å². The number of amides is 1. The van der Waals surface area contributed by atoms with Crippen LogP contribution < -0.4 is 11.1 Å². The minimum Gasteiger partial charge on any atom is -0.395 e. The van der Waals surface area contributed by atoms with E-state index in [1.54, 1.807) is 0 Å². The molecule has 5 nitrogen and oxygen atoms in total. The van der Waals surface area contributed by atoms with Crippen molar-refractivity contribution in [2.24, 2.45) is 0 Å². The zero-order valence-corrected chi connectivity index (χ0v) is 12.0. The van der Waals surface area contributed by atoms with Gasteiger partial charge in [0.1, 0.15) is 0 Å². The molecule has 1 aromatic rings. The van der Waals surface area contributed by atoms with E-state index in [0.29, 0.717) is 11.4 Å². The molecule has 1 aromatic heterocycles. The van der Waals surface area contributed by atoms with E-state index >= 15 is 0 Å². The van der Waals surface area contributed by atoms with E-state index in [-0.39, 0.29) is 17.4 Å². The van der Waals surface area contributed by atoms with Gasteiger partial charge in [-0.1, -0.05) is 33.1 Å². The Hall–Kier alpha value is -1.52. The largest absolute Gasteiger partial charge is 0.395 e. The number of nitrogens with two attached hydrogens (primary N) is 1. The van der Waals surface area contributed by atoms with Crippen molar-refractivity contribution in [1.29, 1.82) is 0 Å². The number of carbonyl (C=O) groups is 1. The zero-order valence-electron chi connectivity index (χ0n) is 12.0. The molecule has 1 fully saturated rings. The first kappa shape index (κ1) is 13.9. The van der Waals surface area contributed by atoms with Crippen LogP contribution in [0.15, 0.2) is 0 Å². The zero-order chi connectivity index (χ0) is 14.0. The fraction of sp³-hybridized carbons (Fsp3) is 0.714. The summed E-state index contributed by atoms with van der Waals surface area (Å²) >= 11 is 0. The minimum atomic E-state index is -0.162. The highest BCUT2D eigenvalue weighted by atomic mass is 16.2. The van der Waals surface area contributed by atoms with Gasteiger partial charge in [-0.15, -0.1) is 0 Å². The number of anilines is 1. The van der Waals surface area contributed by atoms with Gasteiger partial charge >= 0.3 is 0 Å². The van der Waals surface area contributed by atoms with E-state index in [1.165, 1.54) is 19.3 Å². The van der Waals surface area contributed by atoms with Gasteiger partial charge in [-0.2, -0.15) is 5.10 Å². The fourth-order valence-electron chi connectivity index (χ4n) is 2.77. The number of nitrogens with zero attached hydrogens (tertiary/aromatic N) is 1. The third-order valence-corrected chi connectivity index (χ3v) is 4.00. The highest BCUT2D eigenvalue weighted by Crippen LogP contribution is 2.28. The van der Waals surface area contributed by atoms with Crippen LogP contribution in [0, 0.1) is 0 Å². The maximum atomic E-state index is 12.3.